The van der Waals surface area contributed by atoms with Gasteiger partial charge in [-0.25, -0.2) is 14.4 Å². The highest BCUT2D eigenvalue weighted by Crippen LogP contribution is 2.20. The van der Waals surface area contributed by atoms with Crippen LogP contribution in [0.1, 0.15) is 16.1 Å². The number of carbonyl (C=O) groups is 1. The van der Waals surface area contributed by atoms with E-state index in [1.807, 2.05) is 0 Å². The quantitative estimate of drug-likeness (QED) is 0.693. The largest absolute Gasteiger partial charge is 0.501 e. The number of hydrogen-bond donors (Lipinski definition) is 2. The number of rotatable bonds is 5. The molecule has 3 rings (SSSR count). The first-order chi connectivity index (χ1) is 13.4. The van der Waals surface area contributed by atoms with E-state index in [1.54, 1.807) is 12.1 Å². The molecular weight excluding hydrogens is 367 g/mol. The Hall–Kier alpha value is -3.75. The monoisotopic (exact) mass is 384 g/mol. The first kappa shape index (κ1) is 19.0. The minimum absolute atomic E-state index is 0.0782. The maximum Gasteiger partial charge on any atom is 0.296 e. The highest BCUT2D eigenvalue weighted by Gasteiger charge is 2.21. The summed E-state index contributed by atoms with van der Waals surface area (Å²) >= 11 is 0. The Morgan fingerprint density at radius 1 is 1.25 bits per heavy atom. The number of halogens is 1. The van der Waals surface area contributed by atoms with Crippen molar-refractivity contribution in [2.24, 2.45) is 7.05 Å². The summed E-state index contributed by atoms with van der Waals surface area (Å²) in [5, 5.41) is 12.6. The highest BCUT2D eigenvalue weighted by atomic mass is 19.1. The number of carbonyl (C=O) groups excluding carboxylic acids is 1. The van der Waals surface area contributed by atoms with Crippen molar-refractivity contribution in [1.82, 2.24) is 19.9 Å². The van der Waals surface area contributed by atoms with Crippen LogP contribution in [0.25, 0.3) is 11.4 Å². The van der Waals surface area contributed by atoms with Gasteiger partial charge in [0.15, 0.2) is 5.69 Å². The van der Waals surface area contributed by atoms with Crippen LogP contribution < -0.4 is 15.6 Å². The lowest BCUT2D eigenvalue weighted by Gasteiger charge is -2.12. The molecule has 1 amide bonds. The Balaban J connectivity index is 1.91. The molecule has 0 radical (unpaired) electrons. The van der Waals surface area contributed by atoms with Crippen LogP contribution in [0.15, 0.2) is 47.4 Å². The van der Waals surface area contributed by atoms with Crippen molar-refractivity contribution >= 4 is 5.91 Å². The van der Waals surface area contributed by atoms with E-state index in [0.29, 0.717) is 17.0 Å². The lowest BCUT2D eigenvalue weighted by molar-refractivity contribution is 0.0942. The Kier molecular flexibility index (Phi) is 5.35. The second-order valence-electron chi connectivity index (χ2n) is 5.90. The number of aromatic hydroxyl groups is 1. The van der Waals surface area contributed by atoms with Crippen LogP contribution in [0.5, 0.6) is 11.6 Å². The minimum atomic E-state index is -0.771. The van der Waals surface area contributed by atoms with Gasteiger partial charge in [-0.15, -0.1) is 0 Å². The number of aromatic nitrogens is 3. The number of nitrogens with one attached hydrogen (secondary N) is 1. The zero-order valence-electron chi connectivity index (χ0n) is 15.1. The third-order valence-corrected chi connectivity index (χ3v) is 4.05. The van der Waals surface area contributed by atoms with E-state index in [-0.39, 0.29) is 12.4 Å². The van der Waals surface area contributed by atoms with Crippen LogP contribution in [0.4, 0.5) is 4.39 Å². The van der Waals surface area contributed by atoms with Crippen molar-refractivity contribution < 1.29 is 19.0 Å². The SMILES string of the molecule is COc1ccc(-c2nc(C(=O)NCc3ccc(F)cc3)c(O)c(=O)n2C)cn1. The van der Waals surface area contributed by atoms with Crippen LogP contribution in [0.3, 0.4) is 0 Å². The van der Waals surface area contributed by atoms with Gasteiger partial charge in [-0.3, -0.25) is 14.2 Å². The Morgan fingerprint density at radius 2 is 1.96 bits per heavy atom. The summed E-state index contributed by atoms with van der Waals surface area (Å²) in [5.41, 5.74) is -0.0607. The zero-order valence-corrected chi connectivity index (χ0v) is 15.1. The fourth-order valence-corrected chi connectivity index (χ4v) is 2.51. The number of benzene rings is 1. The normalized spacial score (nSPS) is 10.5. The Morgan fingerprint density at radius 3 is 2.57 bits per heavy atom. The molecule has 1 aromatic carbocycles. The van der Waals surface area contributed by atoms with Crippen LogP contribution in [-0.2, 0) is 13.6 Å². The number of amides is 1. The minimum Gasteiger partial charge on any atom is -0.501 e. The summed E-state index contributed by atoms with van der Waals surface area (Å²) in [7, 11) is 2.90. The van der Waals surface area contributed by atoms with Gasteiger partial charge < -0.3 is 15.2 Å². The summed E-state index contributed by atoms with van der Waals surface area (Å²) in [4.78, 5) is 33.0. The fourth-order valence-electron chi connectivity index (χ4n) is 2.51. The molecule has 0 unspecified atom stereocenters. The maximum atomic E-state index is 13.0. The Labute approximate surface area is 159 Å². The molecule has 3 aromatic rings. The van der Waals surface area contributed by atoms with Crippen molar-refractivity contribution in [3.63, 3.8) is 0 Å². The summed E-state index contributed by atoms with van der Waals surface area (Å²) in [5.74, 6) is -1.35. The van der Waals surface area contributed by atoms with Crippen LogP contribution in [0, 0.1) is 5.82 Å². The van der Waals surface area contributed by atoms with E-state index in [1.165, 1.54) is 44.6 Å². The summed E-state index contributed by atoms with van der Waals surface area (Å²) in [6.45, 7) is 0.0782. The molecule has 2 aromatic heterocycles. The smallest absolute Gasteiger partial charge is 0.296 e. The molecule has 8 nitrogen and oxygen atoms in total. The second kappa shape index (κ2) is 7.87. The summed E-state index contributed by atoms with van der Waals surface area (Å²) in [6.07, 6.45) is 1.44. The highest BCUT2D eigenvalue weighted by molar-refractivity contribution is 5.95. The predicted molar refractivity (Wildman–Crippen MR) is 98.5 cm³/mol. The van der Waals surface area contributed by atoms with Crippen LogP contribution in [0.2, 0.25) is 0 Å². The van der Waals surface area contributed by atoms with E-state index < -0.39 is 28.7 Å². The molecule has 0 saturated carbocycles. The van der Waals surface area contributed by atoms with Gasteiger partial charge in [0.25, 0.3) is 11.5 Å². The molecule has 0 aliphatic heterocycles. The topological polar surface area (TPSA) is 106 Å². The van der Waals surface area contributed by atoms with Gasteiger partial charge in [-0.1, -0.05) is 12.1 Å². The first-order valence-corrected chi connectivity index (χ1v) is 8.23. The van der Waals surface area contributed by atoms with E-state index in [2.05, 4.69) is 15.3 Å². The average Bonchev–Trinajstić information content (AvgIpc) is 2.72. The Bertz CT molecular complexity index is 1060. The number of ether oxygens (including phenoxy) is 1. The summed E-state index contributed by atoms with van der Waals surface area (Å²) < 4.78 is 19.1. The molecular formula is C19H17FN4O4. The van der Waals surface area contributed by atoms with E-state index in [0.717, 1.165) is 4.57 Å². The molecule has 0 fully saturated rings. The molecule has 0 saturated heterocycles. The van der Waals surface area contributed by atoms with Crippen molar-refractivity contribution in [2.75, 3.05) is 7.11 Å². The molecule has 9 heteroatoms. The lowest BCUT2D eigenvalue weighted by Crippen LogP contribution is -2.29. The van der Waals surface area contributed by atoms with Crippen LogP contribution >= 0.6 is 0 Å². The molecule has 0 bridgehead atoms. The van der Waals surface area contributed by atoms with E-state index >= 15 is 0 Å². The molecule has 2 N–H and O–H groups in total. The third-order valence-electron chi connectivity index (χ3n) is 4.05. The zero-order chi connectivity index (χ0) is 20.3. The predicted octanol–water partition coefficient (Wildman–Crippen LogP) is 1.63. The van der Waals surface area contributed by atoms with Crippen LogP contribution in [-0.4, -0.2) is 32.7 Å². The van der Waals surface area contributed by atoms with E-state index in [9.17, 15) is 19.1 Å². The number of methoxy groups -OCH3 is 1. The average molecular weight is 384 g/mol. The summed E-state index contributed by atoms with van der Waals surface area (Å²) in [6, 6.07) is 8.78. The number of hydrogen-bond acceptors (Lipinski definition) is 6. The first-order valence-electron chi connectivity index (χ1n) is 8.23. The maximum absolute atomic E-state index is 13.0. The molecule has 0 aliphatic carbocycles. The lowest BCUT2D eigenvalue weighted by atomic mass is 10.2. The molecule has 2 heterocycles. The van der Waals surface area contributed by atoms with Crippen molar-refractivity contribution in [3.8, 4) is 23.0 Å². The van der Waals surface area contributed by atoms with Crippen molar-refractivity contribution in [1.29, 1.82) is 0 Å². The van der Waals surface area contributed by atoms with E-state index in [4.69, 9.17) is 4.74 Å². The third kappa shape index (κ3) is 3.83. The van der Waals surface area contributed by atoms with Gasteiger partial charge >= 0.3 is 0 Å². The molecule has 0 spiro atoms. The second-order valence-corrected chi connectivity index (χ2v) is 5.90. The van der Waals surface area contributed by atoms with Gasteiger partial charge in [0, 0.05) is 31.4 Å². The molecule has 28 heavy (non-hydrogen) atoms. The molecule has 0 atom stereocenters. The fraction of sp³-hybridized carbons (Fsp3) is 0.158. The molecule has 0 aliphatic rings. The number of pyridine rings is 1. The van der Waals surface area contributed by atoms with Gasteiger partial charge in [0.1, 0.15) is 11.6 Å². The van der Waals surface area contributed by atoms with Gasteiger partial charge in [-0.05, 0) is 23.8 Å². The van der Waals surface area contributed by atoms with Gasteiger partial charge in [0.05, 0.1) is 7.11 Å². The van der Waals surface area contributed by atoms with Gasteiger partial charge in [-0.2, -0.15) is 0 Å². The van der Waals surface area contributed by atoms with Gasteiger partial charge in [0.2, 0.25) is 11.6 Å². The standard InChI is InChI=1S/C19H17FN4O4/c1-24-17(12-5-8-14(28-2)21-10-12)23-15(16(25)19(24)27)18(26)22-9-11-3-6-13(20)7-4-11/h3-8,10,25H,9H2,1-2H3,(H,22,26). The molecule has 144 valence electrons. The van der Waals surface area contributed by atoms with Crippen molar-refractivity contribution in [3.05, 3.63) is 70.0 Å². The number of nitrogens with zero attached hydrogens (tertiary/aromatic N) is 3. The van der Waals surface area contributed by atoms with Crippen molar-refractivity contribution in [2.45, 2.75) is 6.54 Å².